The predicted octanol–water partition coefficient (Wildman–Crippen LogP) is 3.48. The maximum atomic E-state index is 11.7. The molecule has 0 fully saturated rings. The standard InChI is InChI=1S/C9H17F/c1-3-6-9(4-2)7-5-8-10/h7H,3-6,8H2,1-2H3/b9-7+. The Labute approximate surface area is 63.1 Å². The van der Waals surface area contributed by atoms with E-state index in [2.05, 4.69) is 13.8 Å². The molecule has 0 aliphatic carbocycles. The first-order valence-electron chi connectivity index (χ1n) is 4.09. The van der Waals surface area contributed by atoms with Gasteiger partial charge in [-0.3, -0.25) is 4.39 Å². The zero-order valence-corrected chi connectivity index (χ0v) is 6.99. The van der Waals surface area contributed by atoms with Crippen molar-refractivity contribution in [1.82, 2.24) is 0 Å². The Morgan fingerprint density at radius 2 is 2.10 bits per heavy atom. The van der Waals surface area contributed by atoms with Crippen molar-refractivity contribution < 1.29 is 4.39 Å². The average Bonchev–Trinajstić information content (AvgIpc) is 1.98. The highest BCUT2D eigenvalue weighted by molar-refractivity contribution is 5.00. The van der Waals surface area contributed by atoms with Gasteiger partial charge in [0, 0.05) is 0 Å². The minimum atomic E-state index is -0.215. The minimum absolute atomic E-state index is 0.215. The fraction of sp³-hybridized carbons (Fsp3) is 0.778. The van der Waals surface area contributed by atoms with E-state index < -0.39 is 0 Å². The molecule has 0 unspecified atom stereocenters. The Morgan fingerprint density at radius 1 is 1.40 bits per heavy atom. The molecule has 10 heavy (non-hydrogen) atoms. The van der Waals surface area contributed by atoms with Crippen molar-refractivity contribution in [3.63, 3.8) is 0 Å². The van der Waals surface area contributed by atoms with Crippen molar-refractivity contribution in [2.45, 2.75) is 39.5 Å². The van der Waals surface area contributed by atoms with Gasteiger partial charge in [0.2, 0.25) is 0 Å². The van der Waals surface area contributed by atoms with Crippen LogP contribution in [0.3, 0.4) is 0 Å². The molecule has 0 heterocycles. The Hall–Kier alpha value is -0.330. The van der Waals surface area contributed by atoms with Crippen molar-refractivity contribution >= 4 is 0 Å². The Balaban J connectivity index is 3.55. The van der Waals surface area contributed by atoms with Gasteiger partial charge in [0.25, 0.3) is 0 Å². The molecule has 0 aromatic heterocycles. The Morgan fingerprint density at radius 3 is 2.50 bits per heavy atom. The molecule has 0 bridgehead atoms. The van der Waals surface area contributed by atoms with Crippen molar-refractivity contribution in [2.24, 2.45) is 0 Å². The smallest absolute Gasteiger partial charge is 0.0928 e. The highest BCUT2D eigenvalue weighted by Gasteiger charge is 1.90. The number of rotatable bonds is 5. The van der Waals surface area contributed by atoms with E-state index in [1.54, 1.807) is 0 Å². The zero-order valence-electron chi connectivity index (χ0n) is 6.99. The number of hydrogen-bond donors (Lipinski definition) is 0. The van der Waals surface area contributed by atoms with Crippen LogP contribution in [0.2, 0.25) is 0 Å². The van der Waals surface area contributed by atoms with Crippen molar-refractivity contribution in [3.05, 3.63) is 11.6 Å². The lowest BCUT2D eigenvalue weighted by molar-refractivity contribution is 0.499. The second kappa shape index (κ2) is 6.79. The molecule has 0 nitrogen and oxygen atoms in total. The summed E-state index contributed by atoms with van der Waals surface area (Å²) in [5.74, 6) is 0. The average molecular weight is 144 g/mol. The molecule has 0 spiro atoms. The number of alkyl halides is 1. The van der Waals surface area contributed by atoms with E-state index in [-0.39, 0.29) is 6.67 Å². The van der Waals surface area contributed by atoms with Gasteiger partial charge in [0.15, 0.2) is 0 Å². The molecular weight excluding hydrogens is 127 g/mol. The lowest BCUT2D eigenvalue weighted by atomic mass is 10.1. The SMILES string of the molecule is CCC/C(=C/CCF)CC. The van der Waals surface area contributed by atoms with Crippen LogP contribution in [0.25, 0.3) is 0 Å². The van der Waals surface area contributed by atoms with Crippen LogP contribution >= 0.6 is 0 Å². The van der Waals surface area contributed by atoms with E-state index in [0.717, 1.165) is 12.8 Å². The van der Waals surface area contributed by atoms with Crippen LogP contribution in [0.5, 0.6) is 0 Å². The van der Waals surface area contributed by atoms with Gasteiger partial charge in [-0.25, -0.2) is 0 Å². The summed E-state index contributed by atoms with van der Waals surface area (Å²) < 4.78 is 11.7. The van der Waals surface area contributed by atoms with Gasteiger partial charge < -0.3 is 0 Å². The lowest BCUT2D eigenvalue weighted by Gasteiger charge is -1.99. The van der Waals surface area contributed by atoms with Crippen LogP contribution in [0.1, 0.15) is 39.5 Å². The molecule has 0 aliphatic heterocycles. The molecule has 0 aromatic rings. The highest BCUT2D eigenvalue weighted by atomic mass is 19.1. The number of halogens is 1. The van der Waals surface area contributed by atoms with E-state index in [1.165, 1.54) is 12.0 Å². The van der Waals surface area contributed by atoms with Gasteiger partial charge in [-0.05, 0) is 19.3 Å². The molecule has 0 N–H and O–H groups in total. The van der Waals surface area contributed by atoms with Crippen molar-refractivity contribution in [3.8, 4) is 0 Å². The minimum Gasteiger partial charge on any atom is -0.251 e. The van der Waals surface area contributed by atoms with E-state index in [9.17, 15) is 4.39 Å². The van der Waals surface area contributed by atoms with Crippen LogP contribution in [0, 0.1) is 0 Å². The van der Waals surface area contributed by atoms with Gasteiger partial charge in [-0.15, -0.1) is 0 Å². The highest BCUT2D eigenvalue weighted by Crippen LogP contribution is 2.09. The van der Waals surface area contributed by atoms with Crippen molar-refractivity contribution in [1.29, 1.82) is 0 Å². The third kappa shape index (κ3) is 4.54. The van der Waals surface area contributed by atoms with Gasteiger partial charge in [0.1, 0.15) is 0 Å². The molecular formula is C9H17F. The molecule has 0 saturated heterocycles. The maximum Gasteiger partial charge on any atom is 0.0928 e. The fourth-order valence-electron chi connectivity index (χ4n) is 1.00. The van der Waals surface area contributed by atoms with Gasteiger partial charge in [-0.2, -0.15) is 0 Å². The predicted molar refractivity (Wildman–Crippen MR) is 43.9 cm³/mol. The molecule has 0 aromatic carbocycles. The molecule has 0 atom stereocenters. The summed E-state index contributed by atoms with van der Waals surface area (Å²) in [6, 6.07) is 0. The summed E-state index contributed by atoms with van der Waals surface area (Å²) in [7, 11) is 0. The summed E-state index contributed by atoms with van der Waals surface area (Å²) in [5, 5.41) is 0. The Kier molecular flexibility index (Phi) is 6.56. The normalized spacial score (nSPS) is 12.1. The van der Waals surface area contributed by atoms with Crippen LogP contribution in [0.4, 0.5) is 4.39 Å². The first-order chi connectivity index (χ1) is 4.85. The van der Waals surface area contributed by atoms with E-state index in [0.29, 0.717) is 6.42 Å². The largest absolute Gasteiger partial charge is 0.251 e. The van der Waals surface area contributed by atoms with Gasteiger partial charge in [0.05, 0.1) is 6.67 Å². The molecule has 0 radical (unpaired) electrons. The second-order valence-electron chi connectivity index (χ2n) is 2.44. The monoisotopic (exact) mass is 144 g/mol. The van der Waals surface area contributed by atoms with Gasteiger partial charge in [-0.1, -0.05) is 31.9 Å². The molecule has 60 valence electrons. The van der Waals surface area contributed by atoms with E-state index in [1.807, 2.05) is 6.08 Å². The molecule has 0 amide bonds. The van der Waals surface area contributed by atoms with E-state index in [4.69, 9.17) is 0 Å². The second-order valence-corrected chi connectivity index (χ2v) is 2.44. The Bertz CT molecular complexity index is 94.9. The van der Waals surface area contributed by atoms with Gasteiger partial charge >= 0.3 is 0 Å². The third-order valence-electron chi connectivity index (χ3n) is 1.57. The van der Waals surface area contributed by atoms with Crippen LogP contribution in [0.15, 0.2) is 11.6 Å². The lowest BCUT2D eigenvalue weighted by Crippen LogP contribution is -1.81. The molecule has 0 rings (SSSR count). The summed E-state index contributed by atoms with van der Waals surface area (Å²) in [5.41, 5.74) is 1.40. The third-order valence-corrected chi connectivity index (χ3v) is 1.57. The number of hydrogen-bond acceptors (Lipinski definition) is 0. The maximum absolute atomic E-state index is 11.7. The first-order valence-corrected chi connectivity index (χ1v) is 4.09. The summed E-state index contributed by atoms with van der Waals surface area (Å²) in [4.78, 5) is 0. The summed E-state index contributed by atoms with van der Waals surface area (Å²) in [6.07, 6.45) is 6.02. The fourth-order valence-corrected chi connectivity index (χ4v) is 1.00. The topological polar surface area (TPSA) is 0 Å². The van der Waals surface area contributed by atoms with Crippen LogP contribution in [-0.4, -0.2) is 6.67 Å². The summed E-state index contributed by atoms with van der Waals surface area (Å²) >= 11 is 0. The molecule has 1 heteroatoms. The van der Waals surface area contributed by atoms with Crippen LogP contribution < -0.4 is 0 Å². The quantitative estimate of drug-likeness (QED) is 0.518. The van der Waals surface area contributed by atoms with Crippen molar-refractivity contribution in [2.75, 3.05) is 6.67 Å². The molecule has 0 aliphatic rings. The molecule has 0 saturated carbocycles. The zero-order chi connectivity index (χ0) is 7.82. The first kappa shape index (κ1) is 9.67. The number of allylic oxidation sites excluding steroid dienone is 2. The summed E-state index contributed by atoms with van der Waals surface area (Å²) in [6.45, 7) is 4.06. The van der Waals surface area contributed by atoms with Crippen LogP contribution in [-0.2, 0) is 0 Å². The van der Waals surface area contributed by atoms with E-state index >= 15 is 0 Å².